The summed E-state index contributed by atoms with van der Waals surface area (Å²) in [7, 11) is 0. The molecule has 0 aromatic heterocycles. The van der Waals surface area contributed by atoms with Crippen LogP contribution >= 0.6 is 0 Å². The van der Waals surface area contributed by atoms with E-state index in [2.05, 4.69) is 32.8 Å². The fourth-order valence-corrected chi connectivity index (χ4v) is 0.615. The Kier molecular flexibility index (Phi) is 4.99. The Balaban J connectivity index is 3.61. The highest BCUT2D eigenvalue weighted by molar-refractivity contribution is 5.59. The lowest BCUT2D eigenvalue weighted by Crippen LogP contribution is -2.16. The first kappa shape index (κ1) is 9.47. The van der Waals surface area contributed by atoms with Crippen LogP contribution in [0.2, 0.25) is 0 Å². The van der Waals surface area contributed by atoms with Gasteiger partial charge in [0.25, 0.3) is 0 Å². The van der Waals surface area contributed by atoms with Crippen LogP contribution in [0, 0.1) is 5.92 Å². The van der Waals surface area contributed by atoms with Crippen molar-refractivity contribution in [1.82, 2.24) is 5.01 Å². The lowest BCUT2D eigenvalue weighted by molar-refractivity contribution is 0.321. The standard InChI is InChI=1S/C8H18N2/c1-5-10(6-2)9-7-8(3)4/h7-8H,5-6H2,1-4H3/b9-7-. The van der Waals surface area contributed by atoms with E-state index >= 15 is 0 Å². The van der Waals surface area contributed by atoms with Crippen LogP contribution in [0.3, 0.4) is 0 Å². The molecule has 0 fully saturated rings. The summed E-state index contributed by atoms with van der Waals surface area (Å²) in [5.74, 6) is 0.556. The summed E-state index contributed by atoms with van der Waals surface area (Å²) in [6.07, 6.45) is 1.98. The maximum absolute atomic E-state index is 4.27. The number of rotatable bonds is 4. The van der Waals surface area contributed by atoms with Gasteiger partial charge in [-0.05, 0) is 19.8 Å². The maximum Gasteiger partial charge on any atom is 0.0331 e. The Morgan fingerprint density at radius 2 is 1.80 bits per heavy atom. The van der Waals surface area contributed by atoms with Crippen LogP contribution in [0.5, 0.6) is 0 Å². The molecular weight excluding hydrogens is 124 g/mol. The number of nitrogens with zero attached hydrogens (tertiary/aromatic N) is 2. The molecule has 0 saturated heterocycles. The molecule has 0 spiro atoms. The molecule has 10 heavy (non-hydrogen) atoms. The summed E-state index contributed by atoms with van der Waals surface area (Å²) in [5, 5.41) is 6.31. The topological polar surface area (TPSA) is 15.6 Å². The van der Waals surface area contributed by atoms with E-state index in [9.17, 15) is 0 Å². The van der Waals surface area contributed by atoms with Gasteiger partial charge in [-0.15, -0.1) is 0 Å². The highest BCUT2D eigenvalue weighted by Gasteiger charge is 1.90. The summed E-state index contributed by atoms with van der Waals surface area (Å²) in [6, 6.07) is 0. The van der Waals surface area contributed by atoms with Crippen LogP contribution in [0.15, 0.2) is 5.10 Å². The Morgan fingerprint density at radius 3 is 2.10 bits per heavy atom. The second-order valence-corrected chi connectivity index (χ2v) is 2.65. The molecule has 0 unspecified atom stereocenters. The number of hydrogen-bond donors (Lipinski definition) is 0. The molecular formula is C8H18N2. The minimum atomic E-state index is 0.556. The van der Waals surface area contributed by atoms with Crippen molar-refractivity contribution in [2.24, 2.45) is 11.0 Å². The summed E-state index contributed by atoms with van der Waals surface area (Å²) >= 11 is 0. The van der Waals surface area contributed by atoms with Crippen molar-refractivity contribution < 1.29 is 0 Å². The molecule has 60 valence electrons. The van der Waals surface area contributed by atoms with Gasteiger partial charge in [0.05, 0.1) is 0 Å². The molecule has 0 rings (SSSR count). The average Bonchev–Trinajstić information content (AvgIpc) is 1.90. The van der Waals surface area contributed by atoms with Crippen LogP contribution < -0.4 is 0 Å². The van der Waals surface area contributed by atoms with E-state index in [-0.39, 0.29) is 0 Å². The first-order chi connectivity index (χ1) is 4.70. The van der Waals surface area contributed by atoms with Gasteiger partial charge >= 0.3 is 0 Å². The first-order valence-electron chi connectivity index (χ1n) is 3.99. The van der Waals surface area contributed by atoms with Crippen LogP contribution in [-0.4, -0.2) is 24.3 Å². The second kappa shape index (κ2) is 5.27. The Bertz CT molecular complexity index is 93.4. The third-order valence-electron chi connectivity index (χ3n) is 1.26. The van der Waals surface area contributed by atoms with Crippen molar-refractivity contribution in [1.29, 1.82) is 0 Å². The largest absolute Gasteiger partial charge is 0.298 e. The zero-order chi connectivity index (χ0) is 7.98. The van der Waals surface area contributed by atoms with E-state index in [1.54, 1.807) is 0 Å². The van der Waals surface area contributed by atoms with Crippen molar-refractivity contribution in [3.63, 3.8) is 0 Å². The normalized spacial score (nSPS) is 11.3. The molecule has 0 N–H and O–H groups in total. The van der Waals surface area contributed by atoms with E-state index in [0.29, 0.717) is 5.92 Å². The van der Waals surface area contributed by atoms with Crippen LogP contribution in [0.1, 0.15) is 27.7 Å². The molecule has 0 saturated carbocycles. The minimum Gasteiger partial charge on any atom is -0.298 e. The van der Waals surface area contributed by atoms with E-state index in [1.165, 1.54) is 0 Å². The van der Waals surface area contributed by atoms with Crippen molar-refractivity contribution in [3.05, 3.63) is 0 Å². The predicted octanol–water partition coefficient (Wildman–Crippen LogP) is 1.97. The van der Waals surface area contributed by atoms with Gasteiger partial charge in [-0.1, -0.05) is 13.8 Å². The molecule has 0 atom stereocenters. The number of hydrazone groups is 1. The Hall–Kier alpha value is -0.530. The van der Waals surface area contributed by atoms with Gasteiger partial charge in [0, 0.05) is 19.3 Å². The molecule has 0 aliphatic heterocycles. The summed E-state index contributed by atoms with van der Waals surface area (Å²) in [6.45, 7) is 10.5. The predicted molar refractivity (Wildman–Crippen MR) is 46.3 cm³/mol. The molecule has 0 aliphatic rings. The molecule has 2 nitrogen and oxygen atoms in total. The number of hydrogen-bond acceptors (Lipinski definition) is 2. The second-order valence-electron chi connectivity index (χ2n) is 2.65. The lowest BCUT2D eigenvalue weighted by Gasteiger charge is -2.13. The zero-order valence-electron chi connectivity index (χ0n) is 7.46. The SMILES string of the molecule is CCN(CC)/N=C\C(C)C. The summed E-state index contributed by atoms with van der Waals surface area (Å²) in [4.78, 5) is 0. The maximum atomic E-state index is 4.27. The highest BCUT2D eigenvalue weighted by atomic mass is 15.4. The van der Waals surface area contributed by atoms with Gasteiger partial charge in [0.2, 0.25) is 0 Å². The zero-order valence-corrected chi connectivity index (χ0v) is 7.46. The van der Waals surface area contributed by atoms with Gasteiger partial charge < -0.3 is 0 Å². The molecule has 2 heteroatoms. The van der Waals surface area contributed by atoms with E-state index in [1.807, 2.05) is 11.2 Å². The molecule has 0 aliphatic carbocycles. The van der Waals surface area contributed by atoms with Gasteiger partial charge in [-0.2, -0.15) is 5.10 Å². The minimum absolute atomic E-state index is 0.556. The van der Waals surface area contributed by atoms with Crippen molar-refractivity contribution in [2.75, 3.05) is 13.1 Å². The lowest BCUT2D eigenvalue weighted by atomic mass is 10.3. The molecule has 0 radical (unpaired) electrons. The van der Waals surface area contributed by atoms with Gasteiger partial charge in [0.1, 0.15) is 0 Å². The van der Waals surface area contributed by atoms with Crippen molar-refractivity contribution in [3.8, 4) is 0 Å². The van der Waals surface area contributed by atoms with E-state index in [0.717, 1.165) is 13.1 Å². The summed E-state index contributed by atoms with van der Waals surface area (Å²) in [5.41, 5.74) is 0. The quantitative estimate of drug-likeness (QED) is 0.433. The van der Waals surface area contributed by atoms with Crippen molar-refractivity contribution >= 4 is 6.21 Å². The van der Waals surface area contributed by atoms with Gasteiger partial charge in [0.15, 0.2) is 0 Å². The fourth-order valence-electron chi connectivity index (χ4n) is 0.615. The van der Waals surface area contributed by atoms with E-state index < -0.39 is 0 Å². The van der Waals surface area contributed by atoms with Gasteiger partial charge in [-0.25, -0.2) is 0 Å². The fraction of sp³-hybridized carbons (Fsp3) is 0.875. The smallest absolute Gasteiger partial charge is 0.0331 e. The Labute approximate surface area is 63.9 Å². The third-order valence-corrected chi connectivity index (χ3v) is 1.26. The van der Waals surface area contributed by atoms with Crippen molar-refractivity contribution in [2.45, 2.75) is 27.7 Å². The Morgan fingerprint density at radius 1 is 1.30 bits per heavy atom. The summed E-state index contributed by atoms with van der Waals surface area (Å²) < 4.78 is 0. The molecule has 0 aromatic carbocycles. The van der Waals surface area contributed by atoms with Crippen LogP contribution in [-0.2, 0) is 0 Å². The third kappa shape index (κ3) is 4.36. The van der Waals surface area contributed by atoms with Gasteiger partial charge in [-0.3, -0.25) is 5.01 Å². The molecule has 0 bridgehead atoms. The molecule has 0 heterocycles. The highest BCUT2D eigenvalue weighted by Crippen LogP contribution is 1.90. The first-order valence-corrected chi connectivity index (χ1v) is 3.99. The van der Waals surface area contributed by atoms with Crippen LogP contribution in [0.25, 0.3) is 0 Å². The molecule has 0 amide bonds. The molecule has 0 aromatic rings. The van der Waals surface area contributed by atoms with E-state index in [4.69, 9.17) is 0 Å². The van der Waals surface area contributed by atoms with Crippen LogP contribution in [0.4, 0.5) is 0 Å². The monoisotopic (exact) mass is 142 g/mol. The average molecular weight is 142 g/mol.